The molecule has 0 radical (unpaired) electrons. The van der Waals surface area contributed by atoms with E-state index >= 15 is 0 Å². The second-order valence-corrected chi connectivity index (χ2v) is 8.08. The molecule has 1 aromatic rings. The third-order valence-electron chi connectivity index (χ3n) is 6.67. The highest BCUT2D eigenvalue weighted by molar-refractivity contribution is 6.06. The number of fused-ring (bicyclic) bond motifs is 5. The minimum Gasteiger partial charge on any atom is -0.338 e. The van der Waals surface area contributed by atoms with E-state index in [0.29, 0.717) is 19.0 Å². The van der Waals surface area contributed by atoms with Crippen LogP contribution in [-0.2, 0) is 9.59 Å². The molecule has 0 N–H and O–H groups in total. The van der Waals surface area contributed by atoms with Gasteiger partial charge >= 0.3 is 0 Å². The van der Waals surface area contributed by atoms with Gasteiger partial charge in [-0.15, -0.1) is 0 Å². The monoisotopic (exact) mass is 389 g/mol. The van der Waals surface area contributed by atoms with Gasteiger partial charge in [-0.2, -0.15) is 0 Å². The van der Waals surface area contributed by atoms with Crippen molar-refractivity contribution in [2.75, 3.05) is 44.1 Å². The summed E-state index contributed by atoms with van der Waals surface area (Å²) in [5.41, 5.74) is 0. The van der Waals surface area contributed by atoms with E-state index in [2.05, 4.69) is 9.97 Å². The molecule has 2 saturated carbocycles. The van der Waals surface area contributed by atoms with E-state index in [1.807, 2.05) is 4.90 Å². The summed E-state index contributed by atoms with van der Waals surface area (Å²) < 4.78 is 51.1. The highest BCUT2D eigenvalue weighted by Crippen LogP contribution is 2.56. The number of hydrogen-bond acceptors (Lipinski definition) is 6. The van der Waals surface area contributed by atoms with E-state index in [0.717, 1.165) is 24.2 Å². The fraction of sp³-hybridized carbons (Fsp3) is 0.714. The topological polar surface area (TPSA) is 69.6 Å². The zero-order valence-electron chi connectivity index (χ0n) is 21.8. The van der Waals surface area contributed by atoms with Gasteiger partial charge in [-0.25, -0.2) is 9.97 Å². The lowest BCUT2D eigenvalue weighted by atomic mass is 9.81. The van der Waals surface area contributed by atoms with Crippen molar-refractivity contribution in [1.29, 1.82) is 0 Å². The largest absolute Gasteiger partial charge is 0.338 e. The summed E-state index contributed by atoms with van der Waals surface area (Å²) in [6.07, 6.45) is 0.117. The van der Waals surface area contributed by atoms with Crippen LogP contribution in [0, 0.1) is 23.7 Å². The molecule has 2 aliphatic carbocycles. The maximum absolute atomic E-state index is 13.0. The van der Waals surface area contributed by atoms with E-state index < -0.39 is 49.4 Å². The summed E-state index contributed by atoms with van der Waals surface area (Å²) in [6, 6.07) is 1.70. The number of hydrogen-bond donors (Lipinski definition) is 0. The fourth-order valence-corrected chi connectivity index (χ4v) is 5.34. The molecule has 3 heterocycles. The molecule has 2 aliphatic heterocycles. The number of anilines is 1. The van der Waals surface area contributed by atoms with Gasteiger partial charge in [-0.05, 0) is 56.4 Å². The van der Waals surface area contributed by atoms with E-state index in [9.17, 15) is 9.59 Å². The standard InChI is InChI=1S/C21H29N5O2/c27-19-17-15-4-5-16(14-15)18(17)20(28)26(19)9-2-1-8-24-10-12-25(13-11-24)21-22-6-3-7-23-21/h3,6-7,15-18H,1-2,4-5,8-14H2/t15-,16-,17-,18+/m1/s1/i1D2,2D2,8D2. The summed E-state index contributed by atoms with van der Waals surface area (Å²) >= 11 is 0. The first-order chi connectivity index (χ1) is 16.0. The molecule has 0 aromatic carbocycles. The van der Waals surface area contributed by atoms with Crippen molar-refractivity contribution >= 4 is 17.8 Å². The van der Waals surface area contributed by atoms with Gasteiger partial charge in [0.1, 0.15) is 0 Å². The van der Waals surface area contributed by atoms with Crippen LogP contribution in [0.3, 0.4) is 0 Å². The zero-order valence-corrected chi connectivity index (χ0v) is 15.8. The van der Waals surface area contributed by atoms with Crippen LogP contribution in [0.25, 0.3) is 0 Å². The van der Waals surface area contributed by atoms with Crippen molar-refractivity contribution < 1.29 is 17.8 Å². The maximum Gasteiger partial charge on any atom is 0.233 e. The predicted molar refractivity (Wildman–Crippen MR) is 104 cm³/mol. The van der Waals surface area contributed by atoms with Crippen LogP contribution >= 0.6 is 0 Å². The Morgan fingerprint density at radius 1 is 0.964 bits per heavy atom. The summed E-state index contributed by atoms with van der Waals surface area (Å²) in [7, 11) is 0. The summed E-state index contributed by atoms with van der Waals surface area (Å²) in [5, 5.41) is 0. The van der Waals surface area contributed by atoms with Gasteiger partial charge in [0.25, 0.3) is 0 Å². The van der Waals surface area contributed by atoms with Crippen molar-refractivity contribution in [2.45, 2.75) is 32.0 Å². The van der Waals surface area contributed by atoms with Crippen LogP contribution in [-0.4, -0.2) is 70.8 Å². The first-order valence-electron chi connectivity index (χ1n) is 13.1. The van der Waals surface area contributed by atoms with E-state index in [-0.39, 0.29) is 24.9 Å². The number of rotatable bonds is 6. The molecule has 4 fully saturated rings. The molecular formula is C21H29N5O2. The van der Waals surface area contributed by atoms with Gasteiger partial charge < -0.3 is 4.90 Å². The average Bonchev–Trinajstić information content (AvgIpc) is 3.50. The molecule has 0 spiro atoms. The quantitative estimate of drug-likeness (QED) is 0.685. The Kier molecular flexibility index (Phi) is 3.32. The number of aromatic nitrogens is 2. The molecule has 150 valence electrons. The first-order valence-corrected chi connectivity index (χ1v) is 10.1. The number of piperazine rings is 1. The van der Waals surface area contributed by atoms with Crippen LogP contribution in [0.4, 0.5) is 5.95 Å². The van der Waals surface area contributed by atoms with E-state index in [1.54, 1.807) is 18.5 Å². The van der Waals surface area contributed by atoms with Crippen LogP contribution in [0.15, 0.2) is 18.5 Å². The smallest absolute Gasteiger partial charge is 0.233 e. The molecule has 4 aliphatic rings. The lowest BCUT2D eigenvalue weighted by Gasteiger charge is -2.34. The van der Waals surface area contributed by atoms with Gasteiger partial charge in [0.05, 0.1) is 11.8 Å². The maximum atomic E-state index is 13.0. The summed E-state index contributed by atoms with van der Waals surface area (Å²) in [5.74, 6) is -0.869. The number of carbonyl (C=O) groups excluding carboxylic acids is 2. The van der Waals surface area contributed by atoms with Gasteiger partial charge in [0, 0.05) is 53.3 Å². The third-order valence-corrected chi connectivity index (χ3v) is 6.67. The molecular weight excluding hydrogens is 354 g/mol. The fourth-order valence-electron chi connectivity index (χ4n) is 5.34. The molecule has 5 rings (SSSR count). The highest BCUT2D eigenvalue weighted by atomic mass is 16.2. The molecule has 7 nitrogen and oxygen atoms in total. The predicted octanol–water partition coefficient (Wildman–Crippen LogP) is 1.41. The van der Waals surface area contributed by atoms with Crippen LogP contribution in [0.5, 0.6) is 0 Å². The average molecular weight is 390 g/mol. The van der Waals surface area contributed by atoms with Crippen LogP contribution in [0.2, 0.25) is 0 Å². The number of likely N-dealkylation sites (tertiary alicyclic amines) is 1. The highest BCUT2D eigenvalue weighted by Gasteiger charge is 2.60. The lowest BCUT2D eigenvalue weighted by molar-refractivity contribution is -0.140. The Balaban J connectivity index is 1.29. The molecule has 1 aromatic heterocycles. The van der Waals surface area contributed by atoms with Crippen LogP contribution in [0.1, 0.15) is 40.2 Å². The van der Waals surface area contributed by atoms with E-state index in [4.69, 9.17) is 8.22 Å². The molecule has 7 heteroatoms. The minimum atomic E-state index is -2.98. The minimum absolute atomic E-state index is 0.149. The number of imide groups is 1. The van der Waals surface area contributed by atoms with Crippen LogP contribution < -0.4 is 4.90 Å². The molecule has 4 atom stereocenters. The normalized spacial score (nSPS) is 37.1. The van der Waals surface area contributed by atoms with Crippen molar-refractivity contribution in [3.63, 3.8) is 0 Å². The number of nitrogens with zero attached hydrogens (tertiary/aromatic N) is 5. The zero-order chi connectivity index (χ0) is 24.5. The molecule has 28 heavy (non-hydrogen) atoms. The van der Waals surface area contributed by atoms with Gasteiger partial charge in [-0.3, -0.25) is 19.4 Å². The summed E-state index contributed by atoms with van der Waals surface area (Å²) in [4.78, 5) is 38.4. The summed E-state index contributed by atoms with van der Waals surface area (Å²) in [6.45, 7) is -2.43. The second kappa shape index (κ2) is 7.43. The molecule has 2 amide bonds. The van der Waals surface area contributed by atoms with Crippen molar-refractivity contribution in [3.05, 3.63) is 18.5 Å². The SMILES string of the molecule is [2H]C([2H])(CN1C(=O)[C@@H]2[C@@H]3CC[C@H](C3)[C@@H]2C1=O)C([2H])([2H])C([2H])([2H])N1CCN(c2ncccn2)CC1. The Labute approximate surface area is 174 Å². The van der Waals surface area contributed by atoms with Gasteiger partial charge in [0.2, 0.25) is 17.8 Å². The number of carbonyl (C=O) groups is 2. The lowest BCUT2D eigenvalue weighted by Crippen LogP contribution is -2.47. The van der Waals surface area contributed by atoms with Crippen molar-refractivity contribution in [1.82, 2.24) is 19.8 Å². The Bertz CT molecular complexity index is 944. The molecule has 2 bridgehead atoms. The van der Waals surface area contributed by atoms with E-state index in [1.165, 1.54) is 4.90 Å². The Morgan fingerprint density at radius 3 is 2.25 bits per heavy atom. The second-order valence-electron chi connectivity index (χ2n) is 8.08. The Hall–Kier alpha value is -2.02. The molecule has 0 unspecified atom stereocenters. The number of amides is 2. The third kappa shape index (κ3) is 3.09. The van der Waals surface area contributed by atoms with Gasteiger partial charge in [-0.1, -0.05) is 0 Å². The molecule has 2 saturated heterocycles. The van der Waals surface area contributed by atoms with Crippen molar-refractivity contribution in [3.8, 4) is 0 Å². The first kappa shape index (κ1) is 12.5. The van der Waals surface area contributed by atoms with Gasteiger partial charge in [0.15, 0.2) is 0 Å². The Morgan fingerprint density at radius 2 is 1.61 bits per heavy atom. The van der Waals surface area contributed by atoms with Crippen molar-refractivity contribution in [2.24, 2.45) is 23.7 Å².